The first-order valence-corrected chi connectivity index (χ1v) is 19.3. The minimum atomic E-state index is 0.675. The molecule has 0 bridgehead atoms. The van der Waals surface area contributed by atoms with Crippen LogP contribution in [0.5, 0.6) is 0 Å². The Hall–Kier alpha value is -7.62. The molecule has 0 radical (unpaired) electrons. The maximum atomic E-state index is 6.18. The van der Waals surface area contributed by atoms with Gasteiger partial charge in [-0.2, -0.15) is 0 Å². The number of benzene rings is 9. The molecule has 0 atom stereocenters. The molecule has 57 heavy (non-hydrogen) atoms. The number of para-hydroxylation sites is 1. The fourth-order valence-electron chi connectivity index (χ4n) is 8.21. The highest BCUT2D eigenvalue weighted by Gasteiger charge is 2.16. The first-order chi connectivity index (χ1) is 28.2. The van der Waals surface area contributed by atoms with Gasteiger partial charge in [0.05, 0.1) is 11.4 Å². The lowest BCUT2D eigenvalue weighted by Gasteiger charge is -2.15. The third kappa shape index (κ3) is 5.94. The van der Waals surface area contributed by atoms with Crippen molar-refractivity contribution < 1.29 is 4.42 Å². The van der Waals surface area contributed by atoms with Crippen molar-refractivity contribution in [2.45, 2.75) is 0 Å². The van der Waals surface area contributed by atoms with Crippen LogP contribution in [0.15, 0.2) is 211 Å². The lowest BCUT2D eigenvalue weighted by molar-refractivity contribution is 0.631. The summed E-state index contributed by atoms with van der Waals surface area (Å²) in [4.78, 5) is 10.5. The average molecular weight is 727 g/mol. The van der Waals surface area contributed by atoms with E-state index >= 15 is 0 Å². The van der Waals surface area contributed by atoms with Gasteiger partial charge in [-0.1, -0.05) is 176 Å². The minimum Gasteiger partial charge on any atom is -0.456 e. The standard InChI is InChI=1S/C54H34N2O/c1-2-11-35(12-3-1)41-16-10-17-43(31-41)50-34-49(37-21-23-38(24-22-37)52-33-44-15-6-9-20-51(44)57-52)55-54(56-50)40-27-25-39(26-28-40)53-46-19-8-5-14-42(46)32-48-45-18-7-4-13-36(45)29-30-47(48)53/h1-34H. The van der Waals surface area contributed by atoms with Gasteiger partial charge in [0.2, 0.25) is 0 Å². The molecule has 3 heteroatoms. The molecule has 11 rings (SSSR count). The molecule has 11 aromatic rings. The largest absolute Gasteiger partial charge is 0.456 e. The third-order valence-electron chi connectivity index (χ3n) is 11.1. The summed E-state index contributed by atoms with van der Waals surface area (Å²) >= 11 is 0. The van der Waals surface area contributed by atoms with Crippen LogP contribution < -0.4 is 0 Å². The predicted molar refractivity (Wildman–Crippen MR) is 237 cm³/mol. The van der Waals surface area contributed by atoms with Crippen molar-refractivity contribution in [1.82, 2.24) is 9.97 Å². The molecule has 0 saturated heterocycles. The molecular weight excluding hydrogens is 693 g/mol. The molecule has 2 heterocycles. The summed E-state index contributed by atoms with van der Waals surface area (Å²) in [5.41, 5.74) is 11.3. The van der Waals surface area contributed by atoms with Gasteiger partial charge in [-0.25, -0.2) is 9.97 Å². The Morgan fingerprint density at radius 1 is 0.298 bits per heavy atom. The van der Waals surface area contributed by atoms with Crippen molar-refractivity contribution in [1.29, 1.82) is 0 Å². The van der Waals surface area contributed by atoms with Gasteiger partial charge in [0.25, 0.3) is 0 Å². The zero-order valence-electron chi connectivity index (χ0n) is 30.9. The van der Waals surface area contributed by atoms with E-state index in [0.717, 1.165) is 61.5 Å². The second-order valence-corrected chi connectivity index (χ2v) is 14.6. The summed E-state index contributed by atoms with van der Waals surface area (Å²) in [6.45, 7) is 0. The van der Waals surface area contributed by atoms with Gasteiger partial charge in [0.15, 0.2) is 5.82 Å². The highest BCUT2D eigenvalue weighted by Crippen LogP contribution is 2.40. The van der Waals surface area contributed by atoms with Gasteiger partial charge in [-0.15, -0.1) is 0 Å². The summed E-state index contributed by atoms with van der Waals surface area (Å²) in [6.07, 6.45) is 0. The SMILES string of the molecule is c1ccc(-c2cccc(-c3cc(-c4ccc(-c5cc6ccccc6o5)cc4)nc(-c4ccc(-c5c6ccccc6cc6c5ccc5ccccc56)cc4)n3)c2)cc1. The van der Waals surface area contributed by atoms with E-state index in [-0.39, 0.29) is 0 Å². The number of rotatable bonds is 6. The van der Waals surface area contributed by atoms with Crippen LogP contribution >= 0.6 is 0 Å². The van der Waals surface area contributed by atoms with Crippen molar-refractivity contribution in [3.63, 3.8) is 0 Å². The predicted octanol–water partition coefficient (Wildman–Crippen LogP) is 14.7. The number of furan rings is 1. The van der Waals surface area contributed by atoms with Gasteiger partial charge in [-0.3, -0.25) is 0 Å². The Bertz CT molecular complexity index is 3240. The molecule has 266 valence electrons. The van der Waals surface area contributed by atoms with E-state index in [9.17, 15) is 0 Å². The van der Waals surface area contributed by atoms with Crippen LogP contribution in [0, 0.1) is 0 Å². The summed E-state index contributed by atoms with van der Waals surface area (Å²) in [6, 6.07) is 72.8. The highest BCUT2D eigenvalue weighted by atomic mass is 16.3. The fraction of sp³-hybridized carbons (Fsp3) is 0. The number of nitrogens with zero attached hydrogens (tertiary/aromatic N) is 2. The molecule has 0 N–H and O–H groups in total. The molecule has 2 aromatic heterocycles. The average Bonchev–Trinajstić information content (AvgIpc) is 3.73. The molecule has 0 aliphatic carbocycles. The van der Waals surface area contributed by atoms with E-state index in [1.165, 1.54) is 43.4 Å². The quantitative estimate of drug-likeness (QED) is 0.126. The third-order valence-corrected chi connectivity index (χ3v) is 11.1. The molecular formula is C54H34N2O. The van der Waals surface area contributed by atoms with Crippen molar-refractivity contribution in [3.8, 4) is 67.5 Å². The number of hydrogen-bond acceptors (Lipinski definition) is 3. The van der Waals surface area contributed by atoms with Crippen molar-refractivity contribution in [2.75, 3.05) is 0 Å². The van der Waals surface area contributed by atoms with Crippen LogP contribution in [0.4, 0.5) is 0 Å². The Morgan fingerprint density at radius 2 is 0.912 bits per heavy atom. The number of fused-ring (bicyclic) bond motifs is 5. The van der Waals surface area contributed by atoms with E-state index < -0.39 is 0 Å². The van der Waals surface area contributed by atoms with Crippen molar-refractivity contribution in [2.24, 2.45) is 0 Å². The second kappa shape index (κ2) is 13.6. The number of aromatic nitrogens is 2. The molecule has 0 fully saturated rings. The monoisotopic (exact) mass is 726 g/mol. The first kappa shape index (κ1) is 32.8. The number of hydrogen-bond donors (Lipinski definition) is 0. The smallest absolute Gasteiger partial charge is 0.160 e. The maximum Gasteiger partial charge on any atom is 0.160 e. The summed E-state index contributed by atoms with van der Waals surface area (Å²) in [7, 11) is 0. The van der Waals surface area contributed by atoms with Crippen LogP contribution in [0.25, 0.3) is 111 Å². The van der Waals surface area contributed by atoms with E-state index in [1.807, 2.05) is 24.3 Å². The lowest BCUT2D eigenvalue weighted by Crippen LogP contribution is -1.96. The zero-order valence-corrected chi connectivity index (χ0v) is 30.9. The van der Waals surface area contributed by atoms with Crippen LogP contribution in [-0.2, 0) is 0 Å². The van der Waals surface area contributed by atoms with E-state index in [4.69, 9.17) is 14.4 Å². The topological polar surface area (TPSA) is 38.9 Å². The van der Waals surface area contributed by atoms with Crippen LogP contribution in [0.1, 0.15) is 0 Å². The van der Waals surface area contributed by atoms with Gasteiger partial charge >= 0.3 is 0 Å². The van der Waals surface area contributed by atoms with Crippen molar-refractivity contribution >= 4 is 43.3 Å². The van der Waals surface area contributed by atoms with Crippen LogP contribution in [0.3, 0.4) is 0 Å². The van der Waals surface area contributed by atoms with Gasteiger partial charge in [0, 0.05) is 27.6 Å². The molecule has 0 aliphatic rings. The minimum absolute atomic E-state index is 0.675. The normalized spacial score (nSPS) is 11.5. The Morgan fingerprint density at radius 3 is 1.72 bits per heavy atom. The summed E-state index contributed by atoms with van der Waals surface area (Å²) < 4.78 is 6.18. The van der Waals surface area contributed by atoms with Crippen LogP contribution in [0.2, 0.25) is 0 Å². The van der Waals surface area contributed by atoms with Gasteiger partial charge in [0.1, 0.15) is 11.3 Å². The molecule has 0 amide bonds. The lowest BCUT2D eigenvalue weighted by atomic mass is 9.89. The van der Waals surface area contributed by atoms with Gasteiger partial charge in [-0.05, 0) is 84.9 Å². The van der Waals surface area contributed by atoms with E-state index in [2.05, 4.69) is 182 Å². The molecule has 9 aromatic carbocycles. The molecule has 3 nitrogen and oxygen atoms in total. The molecule has 0 aliphatic heterocycles. The maximum absolute atomic E-state index is 6.18. The Kier molecular flexibility index (Phi) is 7.82. The van der Waals surface area contributed by atoms with Gasteiger partial charge < -0.3 is 4.42 Å². The molecule has 0 spiro atoms. The Balaban J connectivity index is 1.03. The summed E-state index contributed by atoms with van der Waals surface area (Å²) in [5.74, 6) is 1.52. The first-order valence-electron chi connectivity index (χ1n) is 19.3. The zero-order chi connectivity index (χ0) is 37.7. The second-order valence-electron chi connectivity index (χ2n) is 14.6. The van der Waals surface area contributed by atoms with E-state index in [0.29, 0.717) is 5.82 Å². The summed E-state index contributed by atoms with van der Waals surface area (Å²) in [5, 5.41) is 8.56. The highest BCUT2D eigenvalue weighted by molar-refractivity contribution is 6.20. The van der Waals surface area contributed by atoms with Crippen LogP contribution in [-0.4, -0.2) is 9.97 Å². The van der Waals surface area contributed by atoms with Crippen molar-refractivity contribution in [3.05, 3.63) is 206 Å². The Labute approximate surface area is 330 Å². The molecule has 0 unspecified atom stereocenters. The molecule has 0 saturated carbocycles. The fourth-order valence-corrected chi connectivity index (χ4v) is 8.21. The van der Waals surface area contributed by atoms with E-state index in [1.54, 1.807) is 0 Å².